The van der Waals surface area contributed by atoms with Gasteiger partial charge in [0.05, 0.1) is 22.6 Å². The van der Waals surface area contributed by atoms with Crippen LogP contribution in [0.2, 0.25) is 10.2 Å². The highest BCUT2D eigenvalue weighted by molar-refractivity contribution is 6.41. The van der Waals surface area contributed by atoms with Gasteiger partial charge in [0.2, 0.25) is 5.91 Å². The number of hydrogen-bond acceptors (Lipinski definition) is 5. The average Bonchev–Trinajstić information content (AvgIpc) is 3.06. The topological polar surface area (TPSA) is 108 Å². The molecule has 1 N–H and O–H groups in total. The van der Waals surface area contributed by atoms with Gasteiger partial charge in [-0.15, -0.1) is 0 Å². The van der Waals surface area contributed by atoms with E-state index in [4.69, 9.17) is 23.2 Å². The number of carbonyl (C=O) groups excluding carboxylic acids is 1. The second kappa shape index (κ2) is 7.83. The van der Waals surface area contributed by atoms with Crippen molar-refractivity contribution in [1.29, 1.82) is 0 Å². The van der Waals surface area contributed by atoms with E-state index < -0.39 is 11.0 Å². The van der Waals surface area contributed by atoms with E-state index >= 15 is 0 Å². The van der Waals surface area contributed by atoms with Crippen molar-refractivity contribution in [1.82, 2.24) is 24.9 Å². The van der Waals surface area contributed by atoms with Crippen LogP contribution in [0.4, 0.5) is 5.82 Å². The Morgan fingerprint density at radius 2 is 2.08 bits per heavy atom. The van der Waals surface area contributed by atoms with Gasteiger partial charge >= 0.3 is 5.82 Å². The lowest BCUT2D eigenvalue weighted by atomic mass is 10.3. The molecule has 11 heteroatoms. The second-order valence-corrected chi connectivity index (χ2v) is 6.32. The fraction of sp³-hybridized carbons (Fsp3) is 0.500. The van der Waals surface area contributed by atoms with Crippen molar-refractivity contribution in [3.63, 3.8) is 0 Å². The minimum atomic E-state index is -0.654. The first kappa shape index (κ1) is 19.2. The van der Waals surface area contributed by atoms with Crippen LogP contribution in [0.5, 0.6) is 0 Å². The molecule has 1 unspecified atom stereocenters. The number of aryl methyl sites for hydroxylation is 3. The molecule has 0 aliphatic carbocycles. The largest absolute Gasteiger partial charge is 0.390 e. The minimum Gasteiger partial charge on any atom is -0.358 e. The van der Waals surface area contributed by atoms with Crippen molar-refractivity contribution in [2.75, 3.05) is 6.54 Å². The van der Waals surface area contributed by atoms with Crippen LogP contribution in [0.15, 0.2) is 6.07 Å². The lowest BCUT2D eigenvalue weighted by molar-refractivity contribution is -0.389. The first-order valence-corrected chi connectivity index (χ1v) is 8.34. The molecule has 0 saturated heterocycles. The maximum absolute atomic E-state index is 12.2. The average molecular weight is 389 g/mol. The van der Waals surface area contributed by atoms with Gasteiger partial charge in [0, 0.05) is 13.1 Å². The Bertz CT molecular complexity index is 801. The molecule has 0 fully saturated rings. The number of halogens is 2. The molecule has 25 heavy (non-hydrogen) atoms. The zero-order chi connectivity index (χ0) is 18.7. The molecule has 2 aromatic rings. The summed E-state index contributed by atoms with van der Waals surface area (Å²) in [4.78, 5) is 22.4. The smallest absolute Gasteiger partial charge is 0.358 e. The molecule has 2 rings (SSSR count). The second-order valence-electron chi connectivity index (χ2n) is 5.58. The molecule has 2 heterocycles. The number of nitrogens with zero attached hydrogens (tertiary/aromatic N) is 5. The van der Waals surface area contributed by atoms with Crippen LogP contribution in [-0.4, -0.2) is 36.9 Å². The monoisotopic (exact) mass is 388 g/mol. The van der Waals surface area contributed by atoms with Crippen molar-refractivity contribution in [2.45, 2.75) is 39.8 Å². The van der Waals surface area contributed by atoms with Crippen LogP contribution in [0.25, 0.3) is 0 Å². The normalized spacial score (nSPS) is 12.2. The third-order valence-corrected chi connectivity index (χ3v) is 4.62. The van der Waals surface area contributed by atoms with Crippen molar-refractivity contribution in [2.24, 2.45) is 0 Å². The molecule has 0 bridgehead atoms. The Balaban J connectivity index is 1.87. The van der Waals surface area contributed by atoms with Crippen LogP contribution in [0, 0.1) is 24.0 Å². The van der Waals surface area contributed by atoms with Crippen LogP contribution in [-0.2, 0) is 11.3 Å². The number of carbonyl (C=O) groups is 1. The van der Waals surface area contributed by atoms with E-state index in [1.807, 2.05) is 0 Å². The summed E-state index contributed by atoms with van der Waals surface area (Å²) in [6, 6.07) is 0.675. The summed E-state index contributed by atoms with van der Waals surface area (Å²) in [5, 5.41) is 22.4. The minimum absolute atomic E-state index is 0.276. The molecule has 0 aliphatic rings. The summed E-state index contributed by atoms with van der Waals surface area (Å²) in [5.41, 5.74) is 1.20. The molecule has 0 radical (unpaired) electrons. The number of aromatic nitrogens is 4. The highest BCUT2D eigenvalue weighted by Gasteiger charge is 2.24. The first-order valence-electron chi connectivity index (χ1n) is 7.59. The van der Waals surface area contributed by atoms with Gasteiger partial charge in [-0.05, 0) is 32.1 Å². The molecular formula is C14H18Cl2N6O3. The third kappa shape index (κ3) is 4.29. The molecule has 136 valence electrons. The summed E-state index contributed by atoms with van der Waals surface area (Å²) in [7, 11) is 0. The van der Waals surface area contributed by atoms with E-state index in [1.165, 1.54) is 10.7 Å². The highest BCUT2D eigenvalue weighted by atomic mass is 35.5. The Hall–Kier alpha value is -2.13. The molecule has 1 atom stereocenters. The van der Waals surface area contributed by atoms with Gasteiger partial charge in [-0.1, -0.05) is 23.2 Å². The summed E-state index contributed by atoms with van der Waals surface area (Å²) in [5.74, 6) is -0.556. The number of nitrogens with one attached hydrogen (secondary N) is 1. The predicted molar refractivity (Wildman–Crippen MR) is 92.9 cm³/mol. The molecular weight excluding hydrogens is 371 g/mol. The number of nitro groups is 1. The van der Waals surface area contributed by atoms with Gasteiger partial charge in [0.15, 0.2) is 0 Å². The van der Waals surface area contributed by atoms with Crippen LogP contribution in [0.1, 0.15) is 30.8 Å². The summed E-state index contributed by atoms with van der Waals surface area (Å²) >= 11 is 12.0. The maximum Gasteiger partial charge on any atom is 0.390 e. The quantitative estimate of drug-likeness (QED) is 0.445. The van der Waals surface area contributed by atoms with E-state index in [0.717, 1.165) is 0 Å². The standard InChI is InChI=1S/C14H18Cl2N6O3/c1-8-7-11(22(24)25)19-21(8)10(3)14(23)17-5-4-6-20-13(16)12(15)9(2)18-20/h7,10H,4-6H2,1-3H3,(H,17,23). The van der Waals surface area contributed by atoms with E-state index in [1.54, 1.807) is 25.5 Å². The highest BCUT2D eigenvalue weighted by Crippen LogP contribution is 2.24. The Morgan fingerprint density at radius 3 is 2.60 bits per heavy atom. The van der Waals surface area contributed by atoms with Crippen LogP contribution < -0.4 is 5.32 Å². The van der Waals surface area contributed by atoms with E-state index in [0.29, 0.717) is 41.1 Å². The zero-order valence-electron chi connectivity index (χ0n) is 14.0. The maximum atomic E-state index is 12.2. The van der Waals surface area contributed by atoms with Crippen LogP contribution in [0.3, 0.4) is 0 Å². The molecule has 2 aromatic heterocycles. The predicted octanol–water partition coefficient (Wildman–Crippen LogP) is 2.68. The molecule has 0 aliphatic heterocycles. The lowest BCUT2D eigenvalue weighted by Gasteiger charge is -2.11. The van der Waals surface area contributed by atoms with Crippen molar-refractivity contribution in [3.05, 3.63) is 37.7 Å². The summed E-state index contributed by atoms with van der Waals surface area (Å²) in [6.45, 7) is 5.97. The fourth-order valence-corrected chi connectivity index (χ4v) is 2.73. The molecule has 0 saturated carbocycles. The van der Waals surface area contributed by atoms with Crippen molar-refractivity contribution in [3.8, 4) is 0 Å². The number of amides is 1. The number of rotatable bonds is 7. The van der Waals surface area contributed by atoms with E-state index in [-0.39, 0.29) is 11.7 Å². The molecule has 1 amide bonds. The number of hydrogen-bond donors (Lipinski definition) is 1. The molecule has 0 aromatic carbocycles. The third-order valence-electron chi connectivity index (χ3n) is 3.68. The fourth-order valence-electron chi connectivity index (χ4n) is 2.33. The van der Waals surface area contributed by atoms with Crippen molar-refractivity contribution < 1.29 is 9.72 Å². The van der Waals surface area contributed by atoms with Gasteiger partial charge in [-0.25, -0.2) is 0 Å². The Kier molecular flexibility index (Phi) is 6.02. The van der Waals surface area contributed by atoms with Gasteiger partial charge in [-0.3, -0.25) is 9.48 Å². The summed E-state index contributed by atoms with van der Waals surface area (Å²) < 4.78 is 2.91. The molecule has 0 spiro atoms. The summed E-state index contributed by atoms with van der Waals surface area (Å²) in [6.07, 6.45) is 0.605. The van der Waals surface area contributed by atoms with Gasteiger partial charge in [0.1, 0.15) is 16.2 Å². The Morgan fingerprint density at radius 1 is 1.40 bits per heavy atom. The van der Waals surface area contributed by atoms with Crippen LogP contribution >= 0.6 is 23.2 Å². The Labute approximate surface area is 154 Å². The van der Waals surface area contributed by atoms with Gasteiger partial charge < -0.3 is 15.4 Å². The zero-order valence-corrected chi connectivity index (χ0v) is 15.5. The SMILES string of the molecule is Cc1nn(CCCNC(=O)C(C)n2nc([N+](=O)[O-])cc2C)c(Cl)c1Cl. The lowest BCUT2D eigenvalue weighted by Crippen LogP contribution is -2.33. The first-order chi connectivity index (χ1) is 11.7. The van der Waals surface area contributed by atoms with Gasteiger partial charge in [0.25, 0.3) is 0 Å². The molecule has 9 nitrogen and oxygen atoms in total. The van der Waals surface area contributed by atoms with E-state index in [9.17, 15) is 14.9 Å². The van der Waals surface area contributed by atoms with Crippen molar-refractivity contribution >= 4 is 34.9 Å². The van der Waals surface area contributed by atoms with Gasteiger partial charge in [-0.2, -0.15) is 9.78 Å². The van der Waals surface area contributed by atoms with E-state index in [2.05, 4.69) is 15.5 Å².